The maximum atomic E-state index is 12.9. The van der Waals surface area contributed by atoms with Crippen molar-refractivity contribution in [3.8, 4) is 11.5 Å². The molecule has 0 saturated heterocycles. The number of carboxylic acids is 1. The third-order valence-electron chi connectivity index (χ3n) is 7.23. The number of benzene rings is 5. The van der Waals surface area contributed by atoms with Gasteiger partial charge in [-0.05, 0) is 71.1 Å². The molecular formula is C38H34N2O6. The standard InChI is InChI=1S/C38H34N2O6/c41-36(39-34-14-8-7-13-31(34)23-27-9-3-1-4-10-27)26-46-33-21-17-30(18-22-33)37(42)40-35(38(43)44)24-28-15-19-32(20-16-28)45-25-29-11-5-2-6-12-29/h1-22,35H,23-26H2,(H,39,41)(H,40,42)(H,43,44)/t35-/m0/s1. The van der Waals surface area contributed by atoms with E-state index in [1.807, 2.05) is 84.9 Å². The van der Waals surface area contributed by atoms with E-state index in [1.165, 1.54) is 12.1 Å². The van der Waals surface area contributed by atoms with E-state index in [1.54, 1.807) is 36.4 Å². The summed E-state index contributed by atoms with van der Waals surface area (Å²) in [5.74, 6) is -0.934. The fourth-order valence-electron chi connectivity index (χ4n) is 4.79. The van der Waals surface area contributed by atoms with Gasteiger partial charge in [0.25, 0.3) is 11.8 Å². The highest BCUT2D eigenvalue weighted by Gasteiger charge is 2.21. The van der Waals surface area contributed by atoms with Crippen molar-refractivity contribution >= 4 is 23.5 Å². The Labute approximate surface area is 267 Å². The van der Waals surface area contributed by atoms with Crippen LogP contribution >= 0.6 is 0 Å². The number of carboxylic acid groups (broad SMARTS) is 1. The van der Waals surface area contributed by atoms with Crippen molar-refractivity contribution in [1.82, 2.24) is 5.32 Å². The molecule has 46 heavy (non-hydrogen) atoms. The molecule has 0 aliphatic heterocycles. The van der Waals surface area contributed by atoms with E-state index < -0.39 is 17.9 Å². The first kappa shape index (κ1) is 31.5. The number of carbonyl (C=O) groups excluding carboxylic acids is 2. The molecule has 0 unspecified atom stereocenters. The Morgan fingerprint density at radius 3 is 1.89 bits per heavy atom. The lowest BCUT2D eigenvalue weighted by Gasteiger charge is -2.15. The monoisotopic (exact) mass is 614 g/mol. The lowest BCUT2D eigenvalue weighted by molar-refractivity contribution is -0.139. The molecule has 0 aromatic heterocycles. The van der Waals surface area contributed by atoms with Crippen LogP contribution in [-0.2, 0) is 29.0 Å². The van der Waals surface area contributed by atoms with E-state index in [9.17, 15) is 19.5 Å². The molecule has 1 atom stereocenters. The number of hydrogen-bond donors (Lipinski definition) is 3. The minimum Gasteiger partial charge on any atom is -0.489 e. The summed E-state index contributed by atoms with van der Waals surface area (Å²) in [5.41, 5.74) is 4.89. The fourth-order valence-corrected chi connectivity index (χ4v) is 4.79. The zero-order valence-electron chi connectivity index (χ0n) is 25.1. The number of anilines is 1. The Balaban J connectivity index is 1.10. The van der Waals surface area contributed by atoms with Crippen molar-refractivity contribution in [2.75, 3.05) is 11.9 Å². The number of amides is 2. The van der Waals surface area contributed by atoms with E-state index in [4.69, 9.17) is 9.47 Å². The maximum absolute atomic E-state index is 12.9. The summed E-state index contributed by atoms with van der Waals surface area (Å²) >= 11 is 0. The summed E-state index contributed by atoms with van der Waals surface area (Å²) in [6, 6.07) is 39.6. The van der Waals surface area contributed by atoms with Crippen LogP contribution in [0.15, 0.2) is 133 Å². The van der Waals surface area contributed by atoms with Gasteiger partial charge in [0.1, 0.15) is 24.1 Å². The van der Waals surface area contributed by atoms with Gasteiger partial charge in [-0.2, -0.15) is 0 Å². The average molecular weight is 615 g/mol. The van der Waals surface area contributed by atoms with Gasteiger partial charge in [-0.3, -0.25) is 9.59 Å². The molecule has 5 aromatic carbocycles. The molecule has 5 aromatic rings. The van der Waals surface area contributed by atoms with Crippen LogP contribution in [0.2, 0.25) is 0 Å². The van der Waals surface area contributed by atoms with Gasteiger partial charge in [0.15, 0.2) is 6.61 Å². The molecule has 0 radical (unpaired) electrons. The molecule has 0 spiro atoms. The largest absolute Gasteiger partial charge is 0.489 e. The van der Waals surface area contributed by atoms with Crippen molar-refractivity contribution in [3.63, 3.8) is 0 Å². The van der Waals surface area contributed by atoms with Crippen LogP contribution in [0.4, 0.5) is 5.69 Å². The van der Waals surface area contributed by atoms with Crippen LogP contribution in [-0.4, -0.2) is 35.5 Å². The SMILES string of the molecule is O=C(COc1ccc(C(=O)N[C@@H](Cc2ccc(OCc3ccccc3)cc2)C(=O)O)cc1)Nc1ccccc1Cc1ccccc1. The molecule has 0 saturated carbocycles. The second-order valence-corrected chi connectivity index (χ2v) is 10.7. The Hall–Kier alpha value is -5.89. The number of hydrogen-bond acceptors (Lipinski definition) is 5. The van der Waals surface area contributed by atoms with Crippen molar-refractivity contribution in [1.29, 1.82) is 0 Å². The third-order valence-corrected chi connectivity index (χ3v) is 7.23. The van der Waals surface area contributed by atoms with E-state index in [0.29, 0.717) is 30.2 Å². The molecule has 0 bridgehead atoms. The Morgan fingerprint density at radius 1 is 0.630 bits per heavy atom. The van der Waals surface area contributed by atoms with Crippen LogP contribution in [0.1, 0.15) is 32.6 Å². The lowest BCUT2D eigenvalue weighted by atomic mass is 10.0. The maximum Gasteiger partial charge on any atom is 0.326 e. The van der Waals surface area contributed by atoms with Crippen LogP contribution in [0, 0.1) is 0 Å². The molecule has 8 heteroatoms. The number of ether oxygens (including phenoxy) is 2. The second kappa shape index (κ2) is 15.7. The van der Waals surface area contributed by atoms with Gasteiger partial charge >= 0.3 is 5.97 Å². The van der Waals surface area contributed by atoms with Crippen LogP contribution in [0.25, 0.3) is 0 Å². The van der Waals surface area contributed by atoms with Gasteiger partial charge < -0.3 is 25.2 Å². The van der Waals surface area contributed by atoms with Gasteiger partial charge in [-0.1, -0.05) is 91.0 Å². The molecule has 0 heterocycles. The first-order chi connectivity index (χ1) is 22.4. The number of para-hydroxylation sites is 1. The number of rotatable bonds is 14. The van der Waals surface area contributed by atoms with Crippen molar-refractivity contribution < 1.29 is 29.0 Å². The fraction of sp³-hybridized carbons (Fsp3) is 0.132. The molecular weight excluding hydrogens is 580 g/mol. The summed E-state index contributed by atoms with van der Waals surface area (Å²) in [6.07, 6.45) is 0.783. The van der Waals surface area contributed by atoms with E-state index in [2.05, 4.69) is 10.6 Å². The second-order valence-electron chi connectivity index (χ2n) is 10.7. The van der Waals surface area contributed by atoms with Gasteiger partial charge in [0, 0.05) is 17.7 Å². The predicted octanol–water partition coefficient (Wildman–Crippen LogP) is 6.30. The van der Waals surface area contributed by atoms with Crippen LogP contribution in [0.5, 0.6) is 11.5 Å². The molecule has 0 fully saturated rings. The summed E-state index contributed by atoms with van der Waals surface area (Å²) < 4.78 is 11.4. The van der Waals surface area contributed by atoms with Crippen molar-refractivity contribution in [3.05, 3.63) is 161 Å². The molecule has 2 amide bonds. The van der Waals surface area contributed by atoms with E-state index in [-0.39, 0.29) is 24.5 Å². The molecule has 232 valence electrons. The zero-order valence-corrected chi connectivity index (χ0v) is 25.1. The topological polar surface area (TPSA) is 114 Å². The third kappa shape index (κ3) is 9.30. The summed E-state index contributed by atoms with van der Waals surface area (Å²) in [6.45, 7) is 0.205. The average Bonchev–Trinajstić information content (AvgIpc) is 3.08. The Bertz CT molecular complexity index is 1740. The highest BCUT2D eigenvalue weighted by molar-refractivity contribution is 5.97. The molecule has 0 aliphatic carbocycles. The Kier molecular flexibility index (Phi) is 10.8. The first-order valence-corrected chi connectivity index (χ1v) is 14.9. The Morgan fingerprint density at radius 2 is 1.22 bits per heavy atom. The summed E-state index contributed by atoms with van der Waals surface area (Å²) in [7, 11) is 0. The minimum absolute atomic E-state index is 0.102. The van der Waals surface area contributed by atoms with Crippen molar-refractivity contribution in [2.24, 2.45) is 0 Å². The highest BCUT2D eigenvalue weighted by atomic mass is 16.5. The first-order valence-electron chi connectivity index (χ1n) is 14.9. The zero-order chi connectivity index (χ0) is 32.1. The lowest BCUT2D eigenvalue weighted by Crippen LogP contribution is -2.42. The number of carbonyl (C=O) groups is 3. The molecule has 8 nitrogen and oxygen atoms in total. The predicted molar refractivity (Wildman–Crippen MR) is 176 cm³/mol. The van der Waals surface area contributed by atoms with E-state index in [0.717, 1.165) is 22.3 Å². The smallest absolute Gasteiger partial charge is 0.326 e. The number of nitrogens with one attached hydrogen (secondary N) is 2. The van der Waals surface area contributed by atoms with Gasteiger partial charge in [0.05, 0.1) is 0 Å². The minimum atomic E-state index is -1.14. The van der Waals surface area contributed by atoms with Crippen LogP contribution in [0.3, 0.4) is 0 Å². The van der Waals surface area contributed by atoms with Crippen LogP contribution < -0.4 is 20.1 Å². The van der Waals surface area contributed by atoms with Crippen molar-refractivity contribution in [2.45, 2.75) is 25.5 Å². The summed E-state index contributed by atoms with van der Waals surface area (Å²) in [5, 5.41) is 15.3. The number of aliphatic carboxylic acids is 1. The quantitative estimate of drug-likeness (QED) is 0.135. The van der Waals surface area contributed by atoms with Gasteiger partial charge in [-0.15, -0.1) is 0 Å². The highest BCUT2D eigenvalue weighted by Crippen LogP contribution is 2.20. The van der Waals surface area contributed by atoms with E-state index >= 15 is 0 Å². The van der Waals surface area contributed by atoms with Gasteiger partial charge in [0.2, 0.25) is 0 Å². The molecule has 3 N–H and O–H groups in total. The normalized spacial score (nSPS) is 11.2. The molecule has 0 aliphatic rings. The summed E-state index contributed by atoms with van der Waals surface area (Å²) in [4.78, 5) is 37.5. The molecule has 5 rings (SSSR count). The van der Waals surface area contributed by atoms with Gasteiger partial charge in [-0.25, -0.2) is 4.79 Å².